The van der Waals surface area contributed by atoms with Crippen LogP contribution in [0.3, 0.4) is 0 Å². The number of benzene rings is 2. The van der Waals surface area contributed by atoms with Crippen LogP contribution in [0.4, 0.5) is 5.69 Å². The SMILES string of the molecule is COc1cc2c(c(OC)c1OC)-c1ccc(NC[C@@H](O)c3ccccc3)c(=O)cc1[C@@H](NC(C)=O)CC2. The lowest BCUT2D eigenvalue weighted by atomic mass is 9.95. The summed E-state index contributed by atoms with van der Waals surface area (Å²) in [5.74, 6) is 1.30. The van der Waals surface area contributed by atoms with E-state index in [-0.39, 0.29) is 23.9 Å². The number of anilines is 1. The highest BCUT2D eigenvalue weighted by molar-refractivity contribution is 5.83. The summed E-state index contributed by atoms with van der Waals surface area (Å²) in [6.07, 6.45) is 0.420. The van der Waals surface area contributed by atoms with Crippen molar-refractivity contribution in [2.75, 3.05) is 33.2 Å². The number of carbonyl (C=O) groups excluding carboxylic acids is 1. The smallest absolute Gasteiger partial charge is 0.217 e. The lowest BCUT2D eigenvalue weighted by molar-refractivity contribution is -0.119. The molecule has 8 nitrogen and oxygen atoms in total. The maximum Gasteiger partial charge on any atom is 0.217 e. The van der Waals surface area contributed by atoms with Gasteiger partial charge in [-0.1, -0.05) is 36.4 Å². The topological polar surface area (TPSA) is 106 Å². The van der Waals surface area contributed by atoms with Gasteiger partial charge in [-0.2, -0.15) is 0 Å². The Bertz CT molecular complexity index is 1340. The fourth-order valence-electron chi connectivity index (χ4n) is 4.85. The largest absolute Gasteiger partial charge is 0.493 e. The zero-order chi connectivity index (χ0) is 26.5. The highest BCUT2D eigenvalue weighted by Crippen LogP contribution is 2.50. The second kappa shape index (κ2) is 11.3. The van der Waals surface area contributed by atoms with Gasteiger partial charge < -0.3 is 30.0 Å². The molecule has 0 saturated heterocycles. The van der Waals surface area contributed by atoms with E-state index in [0.29, 0.717) is 41.3 Å². The Hall–Kier alpha value is -4.04. The molecule has 0 aromatic heterocycles. The van der Waals surface area contributed by atoms with E-state index in [1.807, 2.05) is 42.5 Å². The number of fused-ring (bicyclic) bond motifs is 3. The number of aliphatic hydroxyl groups excluding tert-OH is 1. The molecule has 4 rings (SSSR count). The van der Waals surface area contributed by atoms with Gasteiger partial charge in [-0.25, -0.2) is 0 Å². The van der Waals surface area contributed by atoms with E-state index in [9.17, 15) is 14.7 Å². The fourth-order valence-corrected chi connectivity index (χ4v) is 4.85. The fraction of sp³-hybridized carbons (Fsp3) is 0.310. The third-order valence-electron chi connectivity index (χ3n) is 6.59. The molecular formula is C29H32N2O6. The zero-order valence-corrected chi connectivity index (χ0v) is 21.5. The molecule has 37 heavy (non-hydrogen) atoms. The van der Waals surface area contributed by atoms with E-state index in [0.717, 1.165) is 22.3 Å². The van der Waals surface area contributed by atoms with Crippen molar-refractivity contribution in [1.82, 2.24) is 5.32 Å². The van der Waals surface area contributed by atoms with Gasteiger partial charge in [0.25, 0.3) is 0 Å². The molecule has 0 saturated carbocycles. The van der Waals surface area contributed by atoms with Crippen LogP contribution in [0, 0.1) is 0 Å². The van der Waals surface area contributed by atoms with Crippen molar-refractivity contribution in [3.63, 3.8) is 0 Å². The molecule has 194 valence electrons. The Kier molecular flexibility index (Phi) is 7.98. The van der Waals surface area contributed by atoms with E-state index in [2.05, 4.69) is 10.6 Å². The monoisotopic (exact) mass is 504 g/mol. The average Bonchev–Trinajstić information content (AvgIpc) is 3.15. The predicted molar refractivity (Wildman–Crippen MR) is 143 cm³/mol. The Labute approximate surface area is 216 Å². The normalized spacial score (nSPS) is 14.9. The molecule has 0 spiro atoms. The molecular weight excluding hydrogens is 472 g/mol. The number of methoxy groups -OCH3 is 3. The van der Waals surface area contributed by atoms with Crippen LogP contribution in [0.25, 0.3) is 11.1 Å². The van der Waals surface area contributed by atoms with Crippen molar-refractivity contribution in [2.24, 2.45) is 0 Å². The summed E-state index contributed by atoms with van der Waals surface area (Å²) in [6, 6.07) is 15.9. The van der Waals surface area contributed by atoms with Crippen LogP contribution < -0.4 is 30.3 Å². The van der Waals surface area contributed by atoms with Crippen molar-refractivity contribution in [2.45, 2.75) is 31.9 Å². The molecule has 0 fully saturated rings. The van der Waals surface area contributed by atoms with E-state index in [1.54, 1.807) is 33.5 Å². The standard InChI is InChI=1S/C29H32N2O6/c1-17(32)31-22-12-10-19-14-26(35-2)28(36-3)29(37-4)27(19)20-11-13-23(24(33)15-21(20)22)30-16-25(34)18-8-6-5-7-9-18/h5-9,11,13-15,22,25,34H,10,12,16H2,1-4H3,(H,30,33)(H,31,32)/t22-,25+/m0/s1. The first-order valence-electron chi connectivity index (χ1n) is 12.1. The van der Waals surface area contributed by atoms with Crippen LogP contribution in [-0.4, -0.2) is 38.9 Å². The summed E-state index contributed by atoms with van der Waals surface area (Å²) in [7, 11) is 4.68. The van der Waals surface area contributed by atoms with Gasteiger partial charge in [-0.3, -0.25) is 9.59 Å². The summed E-state index contributed by atoms with van der Waals surface area (Å²) in [6.45, 7) is 1.62. The van der Waals surface area contributed by atoms with Gasteiger partial charge >= 0.3 is 0 Å². The predicted octanol–water partition coefficient (Wildman–Crippen LogP) is 4.01. The third kappa shape index (κ3) is 5.39. The average molecular weight is 505 g/mol. The summed E-state index contributed by atoms with van der Waals surface area (Å²) < 4.78 is 17.0. The summed E-state index contributed by atoms with van der Waals surface area (Å²) in [5.41, 5.74) is 4.01. The van der Waals surface area contributed by atoms with Gasteiger partial charge in [0, 0.05) is 19.0 Å². The number of hydrogen-bond donors (Lipinski definition) is 3. The Morgan fingerprint density at radius 2 is 1.76 bits per heavy atom. The first-order valence-corrected chi connectivity index (χ1v) is 12.1. The molecule has 1 amide bonds. The molecule has 1 aliphatic carbocycles. The molecule has 3 aromatic carbocycles. The van der Waals surface area contributed by atoms with Crippen molar-refractivity contribution < 1.29 is 24.1 Å². The number of rotatable bonds is 8. The Morgan fingerprint density at radius 1 is 1.03 bits per heavy atom. The number of carbonyl (C=O) groups is 1. The number of aryl methyl sites for hydroxylation is 1. The van der Waals surface area contributed by atoms with Gasteiger partial charge in [0.05, 0.1) is 39.2 Å². The number of amides is 1. The summed E-state index contributed by atoms with van der Waals surface area (Å²) in [4.78, 5) is 25.4. The number of nitrogens with one attached hydrogen (secondary N) is 2. The van der Waals surface area contributed by atoms with E-state index >= 15 is 0 Å². The minimum atomic E-state index is -0.784. The van der Waals surface area contributed by atoms with Crippen LogP contribution in [-0.2, 0) is 11.2 Å². The lowest BCUT2D eigenvalue weighted by Gasteiger charge is -2.19. The number of aliphatic hydroxyl groups is 1. The van der Waals surface area contributed by atoms with E-state index < -0.39 is 6.10 Å². The molecule has 0 unspecified atom stereocenters. The van der Waals surface area contributed by atoms with Crippen molar-refractivity contribution in [1.29, 1.82) is 0 Å². The van der Waals surface area contributed by atoms with Gasteiger partial charge in [-0.05, 0) is 53.3 Å². The number of ether oxygens (including phenoxy) is 3. The minimum Gasteiger partial charge on any atom is -0.493 e. The second-order valence-electron chi connectivity index (χ2n) is 8.90. The molecule has 3 N–H and O–H groups in total. The molecule has 0 radical (unpaired) electrons. The first kappa shape index (κ1) is 26.0. The van der Waals surface area contributed by atoms with E-state index in [4.69, 9.17) is 14.2 Å². The molecule has 3 aromatic rings. The maximum absolute atomic E-state index is 13.3. The molecule has 0 bridgehead atoms. The number of hydrogen-bond acceptors (Lipinski definition) is 7. The molecule has 2 atom stereocenters. The molecule has 0 heterocycles. The van der Waals surface area contributed by atoms with Gasteiger partial charge in [-0.15, -0.1) is 0 Å². The Balaban J connectivity index is 1.85. The first-order chi connectivity index (χ1) is 17.9. The van der Waals surface area contributed by atoms with Crippen LogP contribution in [0.5, 0.6) is 17.2 Å². The summed E-state index contributed by atoms with van der Waals surface area (Å²) >= 11 is 0. The second-order valence-corrected chi connectivity index (χ2v) is 8.90. The minimum absolute atomic E-state index is 0.161. The van der Waals surface area contributed by atoms with Crippen LogP contribution in [0.1, 0.15) is 42.2 Å². The Morgan fingerprint density at radius 3 is 2.41 bits per heavy atom. The zero-order valence-electron chi connectivity index (χ0n) is 21.5. The van der Waals surface area contributed by atoms with Gasteiger partial charge in [0.15, 0.2) is 11.5 Å². The van der Waals surface area contributed by atoms with Gasteiger partial charge in [0.1, 0.15) is 0 Å². The molecule has 1 aliphatic rings. The van der Waals surface area contributed by atoms with E-state index in [1.165, 1.54) is 6.92 Å². The summed E-state index contributed by atoms with van der Waals surface area (Å²) in [5, 5.41) is 16.7. The van der Waals surface area contributed by atoms with Crippen molar-refractivity contribution in [3.05, 3.63) is 81.5 Å². The van der Waals surface area contributed by atoms with Crippen molar-refractivity contribution >= 4 is 11.6 Å². The molecule has 8 heteroatoms. The van der Waals surface area contributed by atoms with Crippen LogP contribution in [0.15, 0.2) is 59.4 Å². The highest BCUT2D eigenvalue weighted by Gasteiger charge is 2.29. The quantitative estimate of drug-likeness (QED) is 0.426. The highest BCUT2D eigenvalue weighted by atomic mass is 16.5. The van der Waals surface area contributed by atoms with Crippen molar-refractivity contribution in [3.8, 4) is 28.4 Å². The molecule has 0 aliphatic heterocycles. The van der Waals surface area contributed by atoms with Crippen LogP contribution >= 0.6 is 0 Å². The van der Waals surface area contributed by atoms with Crippen LogP contribution in [0.2, 0.25) is 0 Å². The lowest BCUT2D eigenvalue weighted by Crippen LogP contribution is -2.26. The third-order valence-corrected chi connectivity index (χ3v) is 6.59. The maximum atomic E-state index is 13.3. The van der Waals surface area contributed by atoms with Gasteiger partial charge in [0.2, 0.25) is 17.1 Å².